The average molecular weight is 399 g/mol. The molecule has 4 rings (SSSR count). The van der Waals surface area contributed by atoms with Gasteiger partial charge >= 0.3 is 0 Å². The van der Waals surface area contributed by atoms with Gasteiger partial charge in [-0.3, -0.25) is 4.90 Å². The molecular weight excluding hydrogens is 380 g/mol. The van der Waals surface area contributed by atoms with Gasteiger partial charge in [0.2, 0.25) is 11.7 Å². The molecule has 0 saturated carbocycles. The third kappa shape index (κ3) is 3.66. The topological polar surface area (TPSA) is 68.2 Å². The Kier molecular flexibility index (Phi) is 4.65. The fraction of sp³-hybridized carbons (Fsp3) is 0.263. The molecule has 0 aliphatic carbocycles. The van der Waals surface area contributed by atoms with E-state index in [9.17, 15) is 0 Å². The van der Waals surface area contributed by atoms with Gasteiger partial charge in [-0.25, -0.2) is 0 Å². The summed E-state index contributed by atoms with van der Waals surface area (Å²) in [5, 5.41) is 4.10. The predicted octanol–water partition coefficient (Wildman–Crippen LogP) is 3.43. The second-order valence-corrected chi connectivity index (χ2v) is 7.31. The van der Waals surface area contributed by atoms with Gasteiger partial charge < -0.3 is 10.3 Å². The van der Waals surface area contributed by atoms with Crippen LogP contribution in [0.15, 0.2) is 63.6 Å². The van der Waals surface area contributed by atoms with Crippen molar-refractivity contribution in [3.63, 3.8) is 0 Å². The minimum Gasteiger partial charge on any atom is -0.338 e. The van der Waals surface area contributed by atoms with Crippen molar-refractivity contribution in [3.05, 3.63) is 70.5 Å². The van der Waals surface area contributed by atoms with Crippen molar-refractivity contribution in [2.75, 3.05) is 13.1 Å². The van der Waals surface area contributed by atoms with Gasteiger partial charge in [0.1, 0.15) is 0 Å². The molecule has 1 aromatic heterocycles. The molecular formula is C19H19BrN4O. The van der Waals surface area contributed by atoms with Crippen LogP contribution in [0.25, 0.3) is 11.4 Å². The SMILES string of the molecule is N[C@@H]1CN(Cc2nc(-c3cccc(Br)c3)no2)C[C@H]1c1ccccc1. The molecule has 128 valence electrons. The quantitative estimate of drug-likeness (QED) is 0.728. The van der Waals surface area contributed by atoms with Crippen LogP contribution in [-0.2, 0) is 6.54 Å². The van der Waals surface area contributed by atoms with Gasteiger partial charge in [0, 0.05) is 35.1 Å². The summed E-state index contributed by atoms with van der Waals surface area (Å²) in [6.45, 7) is 2.35. The molecule has 2 atom stereocenters. The van der Waals surface area contributed by atoms with E-state index >= 15 is 0 Å². The molecule has 1 aliphatic heterocycles. The van der Waals surface area contributed by atoms with E-state index in [4.69, 9.17) is 10.3 Å². The molecule has 1 saturated heterocycles. The lowest BCUT2D eigenvalue weighted by Crippen LogP contribution is -2.28. The maximum Gasteiger partial charge on any atom is 0.241 e. The molecule has 0 unspecified atom stereocenters. The first kappa shape index (κ1) is 16.4. The highest BCUT2D eigenvalue weighted by molar-refractivity contribution is 9.10. The molecule has 2 aromatic carbocycles. The van der Waals surface area contributed by atoms with E-state index in [1.165, 1.54) is 5.56 Å². The summed E-state index contributed by atoms with van der Waals surface area (Å²) in [4.78, 5) is 6.81. The number of nitrogens with two attached hydrogens (primary N) is 1. The van der Waals surface area contributed by atoms with Gasteiger partial charge in [-0.2, -0.15) is 4.98 Å². The van der Waals surface area contributed by atoms with Crippen LogP contribution >= 0.6 is 15.9 Å². The number of hydrogen-bond donors (Lipinski definition) is 1. The summed E-state index contributed by atoms with van der Waals surface area (Å²) < 4.78 is 6.43. The standard InChI is InChI=1S/C19H19BrN4O/c20-15-8-4-7-14(9-15)19-22-18(25-23-19)12-24-10-16(17(21)11-24)13-5-2-1-3-6-13/h1-9,16-17H,10-12,21H2/t16-,17+/m0/s1. The van der Waals surface area contributed by atoms with E-state index in [0.29, 0.717) is 24.2 Å². The molecule has 2 heterocycles. The van der Waals surface area contributed by atoms with E-state index in [1.807, 2.05) is 30.3 Å². The lowest BCUT2D eigenvalue weighted by atomic mass is 9.95. The molecule has 5 nitrogen and oxygen atoms in total. The molecule has 0 spiro atoms. The van der Waals surface area contributed by atoms with Crippen LogP contribution in [0.5, 0.6) is 0 Å². The Balaban J connectivity index is 1.45. The fourth-order valence-corrected chi connectivity index (χ4v) is 3.75. The highest BCUT2D eigenvalue weighted by atomic mass is 79.9. The Labute approximate surface area is 155 Å². The summed E-state index contributed by atoms with van der Waals surface area (Å²) in [6.07, 6.45) is 0. The summed E-state index contributed by atoms with van der Waals surface area (Å²) in [7, 11) is 0. The third-order valence-electron chi connectivity index (χ3n) is 4.58. The zero-order chi connectivity index (χ0) is 17.2. The zero-order valence-corrected chi connectivity index (χ0v) is 15.3. The van der Waals surface area contributed by atoms with Crippen LogP contribution in [-0.4, -0.2) is 34.2 Å². The monoisotopic (exact) mass is 398 g/mol. The van der Waals surface area contributed by atoms with Crippen LogP contribution in [0.1, 0.15) is 17.4 Å². The smallest absolute Gasteiger partial charge is 0.241 e. The predicted molar refractivity (Wildman–Crippen MR) is 99.9 cm³/mol. The van der Waals surface area contributed by atoms with Crippen LogP contribution < -0.4 is 5.73 Å². The third-order valence-corrected chi connectivity index (χ3v) is 5.07. The zero-order valence-electron chi connectivity index (χ0n) is 13.7. The number of benzene rings is 2. The van der Waals surface area contributed by atoms with Gasteiger partial charge in [0.05, 0.1) is 6.54 Å². The first-order valence-electron chi connectivity index (χ1n) is 8.30. The van der Waals surface area contributed by atoms with E-state index in [0.717, 1.165) is 23.1 Å². The first-order valence-corrected chi connectivity index (χ1v) is 9.10. The van der Waals surface area contributed by atoms with Crippen molar-refractivity contribution in [2.45, 2.75) is 18.5 Å². The lowest BCUT2D eigenvalue weighted by molar-refractivity contribution is 0.264. The van der Waals surface area contributed by atoms with Gasteiger partial charge in [0.15, 0.2) is 0 Å². The van der Waals surface area contributed by atoms with E-state index in [2.05, 4.69) is 55.2 Å². The van der Waals surface area contributed by atoms with Gasteiger partial charge in [-0.1, -0.05) is 63.6 Å². The largest absolute Gasteiger partial charge is 0.338 e. The number of aromatic nitrogens is 2. The van der Waals surface area contributed by atoms with Crippen molar-refractivity contribution in [2.24, 2.45) is 5.73 Å². The number of nitrogens with zero attached hydrogens (tertiary/aromatic N) is 3. The Morgan fingerprint density at radius 3 is 2.76 bits per heavy atom. The molecule has 0 bridgehead atoms. The molecule has 0 amide bonds. The van der Waals surface area contributed by atoms with Crippen LogP contribution in [0.3, 0.4) is 0 Å². The van der Waals surface area contributed by atoms with Gasteiger partial charge in [-0.05, 0) is 17.7 Å². The summed E-state index contributed by atoms with van der Waals surface area (Å²) in [5.41, 5.74) is 8.58. The van der Waals surface area contributed by atoms with Gasteiger partial charge in [-0.15, -0.1) is 0 Å². The summed E-state index contributed by atoms with van der Waals surface area (Å²) in [6, 6.07) is 18.4. The molecule has 6 heteroatoms. The van der Waals surface area contributed by atoms with Gasteiger partial charge in [0.25, 0.3) is 0 Å². The average Bonchev–Trinajstić information content (AvgIpc) is 3.23. The van der Waals surface area contributed by atoms with Crippen molar-refractivity contribution in [1.29, 1.82) is 0 Å². The number of likely N-dealkylation sites (tertiary alicyclic amines) is 1. The highest BCUT2D eigenvalue weighted by Gasteiger charge is 2.32. The lowest BCUT2D eigenvalue weighted by Gasteiger charge is -2.14. The highest BCUT2D eigenvalue weighted by Crippen LogP contribution is 2.27. The summed E-state index contributed by atoms with van der Waals surface area (Å²) in [5.74, 6) is 1.57. The second kappa shape index (κ2) is 7.07. The van der Waals surface area contributed by atoms with Crippen LogP contribution in [0.4, 0.5) is 0 Å². The summed E-state index contributed by atoms with van der Waals surface area (Å²) >= 11 is 3.46. The van der Waals surface area contributed by atoms with Crippen molar-refractivity contribution >= 4 is 15.9 Å². The van der Waals surface area contributed by atoms with E-state index < -0.39 is 0 Å². The number of rotatable bonds is 4. The number of hydrogen-bond acceptors (Lipinski definition) is 5. The Morgan fingerprint density at radius 1 is 1.12 bits per heavy atom. The van der Waals surface area contributed by atoms with Crippen molar-refractivity contribution in [1.82, 2.24) is 15.0 Å². The minimum absolute atomic E-state index is 0.120. The number of halogens is 1. The molecule has 1 fully saturated rings. The van der Waals surface area contributed by atoms with Crippen LogP contribution in [0.2, 0.25) is 0 Å². The Bertz CT molecular complexity index is 851. The molecule has 1 aliphatic rings. The minimum atomic E-state index is 0.120. The molecule has 3 aromatic rings. The maximum atomic E-state index is 6.35. The molecule has 0 radical (unpaired) electrons. The second-order valence-electron chi connectivity index (χ2n) is 6.40. The Hall–Kier alpha value is -2.02. The van der Waals surface area contributed by atoms with Crippen LogP contribution in [0, 0.1) is 0 Å². The maximum absolute atomic E-state index is 6.35. The molecule has 2 N–H and O–H groups in total. The normalized spacial score (nSPS) is 20.9. The first-order chi connectivity index (χ1) is 12.2. The fourth-order valence-electron chi connectivity index (χ4n) is 3.35. The van der Waals surface area contributed by atoms with E-state index in [-0.39, 0.29) is 6.04 Å². The molecule has 25 heavy (non-hydrogen) atoms. The Morgan fingerprint density at radius 2 is 1.96 bits per heavy atom. The van der Waals surface area contributed by atoms with Crippen molar-refractivity contribution < 1.29 is 4.52 Å². The van der Waals surface area contributed by atoms with E-state index in [1.54, 1.807) is 0 Å². The van der Waals surface area contributed by atoms with Crippen molar-refractivity contribution in [3.8, 4) is 11.4 Å².